The molecule has 1 radical (unpaired) electrons. The number of hydrogen-bond donors (Lipinski definition) is 0. The Balaban J connectivity index is 0.000000202. The topological polar surface area (TPSA) is 43.9 Å². The van der Waals surface area contributed by atoms with Gasteiger partial charge in [0.1, 0.15) is 5.58 Å². The summed E-state index contributed by atoms with van der Waals surface area (Å²) < 4.78 is 8.51. The molecule has 0 aliphatic carbocycles. The van der Waals surface area contributed by atoms with Crippen molar-refractivity contribution in [1.82, 2.24) is 14.5 Å². The van der Waals surface area contributed by atoms with Crippen LogP contribution in [0.5, 0.6) is 0 Å². The summed E-state index contributed by atoms with van der Waals surface area (Å²) in [5, 5.41) is 3.57. The van der Waals surface area contributed by atoms with Crippen molar-refractivity contribution in [2.45, 2.75) is 19.6 Å². The summed E-state index contributed by atoms with van der Waals surface area (Å²) in [6.45, 7) is 7.00. The van der Waals surface area contributed by atoms with Crippen molar-refractivity contribution < 1.29 is 24.5 Å². The first kappa shape index (κ1) is 34.1. The molecule has 3 heterocycles. The number of para-hydroxylation sites is 3. The largest absolute Gasteiger partial charge is 0.501 e. The standard InChI is InChI=1S/C31H19N2O.C14H16NSi.Ir/c1-2-9-21(10-3-1)22-17-19-23(20-18-22)33-28-15-6-5-14-27(28)32-31(33)26-13-8-12-25-24-11-4-7-16-29(24)34-30(25)26;1-16(2,3)13-9-10-14(15-11-13)12-7-5-4-6-8-12;/h1-12,14-20H;4-7,9-11H,1-3H3;/q2*-1;. The maximum atomic E-state index is 6.32. The summed E-state index contributed by atoms with van der Waals surface area (Å²) in [6.07, 6.45) is 2.02. The van der Waals surface area contributed by atoms with Crippen LogP contribution in [-0.2, 0) is 20.1 Å². The van der Waals surface area contributed by atoms with E-state index >= 15 is 0 Å². The van der Waals surface area contributed by atoms with Gasteiger partial charge in [0.05, 0.1) is 30.5 Å². The summed E-state index contributed by atoms with van der Waals surface area (Å²) in [5.41, 5.74) is 10.0. The van der Waals surface area contributed by atoms with Crippen molar-refractivity contribution in [3.05, 3.63) is 170 Å². The van der Waals surface area contributed by atoms with Crippen LogP contribution in [0.3, 0.4) is 0 Å². The first-order valence-corrected chi connectivity index (χ1v) is 20.3. The maximum absolute atomic E-state index is 6.32. The first-order chi connectivity index (χ1) is 24.4. The Kier molecular flexibility index (Phi) is 9.66. The number of hydrogen-bond acceptors (Lipinski definition) is 3. The molecule has 6 heteroatoms. The zero-order valence-corrected chi connectivity index (χ0v) is 32.0. The third kappa shape index (κ3) is 6.86. The molecule has 51 heavy (non-hydrogen) atoms. The van der Waals surface area contributed by atoms with Gasteiger partial charge in [-0.15, -0.1) is 54.1 Å². The Morgan fingerprint density at radius 1 is 0.627 bits per heavy atom. The van der Waals surface area contributed by atoms with Gasteiger partial charge in [-0.25, -0.2) is 0 Å². The SMILES string of the molecule is C[Si](C)(C)c1ccc(-c2[c-]cccc2)nc1.[Ir].[c-]1ccc2c(oc3ccccc32)c1-c1nc2ccccc2n1-c1ccc(-c2ccccc2)cc1. The number of nitrogens with zero attached hydrogens (tertiary/aromatic N) is 3. The molecule has 0 amide bonds. The number of furan rings is 1. The van der Waals surface area contributed by atoms with E-state index < -0.39 is 8.07 Å². The van der Waals surface area contributed by atoms with Crippen LogP contribution in [0.15, 0.2) is 162 Å². The van der Waals surface area contributed by atoms with E-state index in [0.29, 0.717) is 0 Å². The van der Waals surface area contributed by atoms with Gasteiger partial charge in [0.15, 0.2) is 0 Å². The molecule has 0 bridgehead atoms. The monoisotopic (exact) mass is 854 g/mol. The summed E-state index contributed by atoms with van der Waals surface area (Å²) in [7, 11) is -1.23. The maximum Gasteiger partial charge on any atom is 0.120 e. The van der Waals surface area contributed by atoms with Gasteiger partial charge in [0.2, 0.25) is 0 Å². The minimum atomic E-state index is -1.23. The smallest absolute Gasteiger partial charge is 0.120 e. The second-order valence-corrected chi connectivity index (χ2v) is 18.4. The van der Waals surface area contributed by atoms with E-state index in [1.807, 2.05) is 79.0 Å². The van der Waals surface area contributed by atoms with Crippen LogP contribution in [0, 0.1) is 12.1 Å². The second kappa shape index (κ2) is 14.5. The molecule has 9 rings (SSSR count). The second-order valence-electron chi connectivity index (χ2n) is 13.3. The van der Waals surface area contributed by atoms with Crippen LogP contribution in [0.1, 0.15) is 0 Å². The molecule has 0 atom stereocenters. The van der Waals surface area contributed by atoms with Gasteiger partial charge >= 0.3 is 0 Å². The van der Waals surface area contributed by atoms with Gasteiger partial charge in [0, 0.05) is 37.4 Å². The van der Waals surface area contributed by atoms with Crippen LogP contribution >= 0.6 is 0 Å². The minimum absolute atomic E-state index is 0. The summed E-state index contributed by atoms with van der Waals surface area (Å²) in [5.74, 6) is 0.818. The summed E-state index contributed by atoms with van der Waals surface area (Å²) >= 11 is 0. The molecular weight excluding hydrogens is 819 g/mol. The van der Waals surface area contributed by atoms with Crippen LogP contribution in [0.2, 0.25) is 19.6 Å². The zero-order chi connectivity index (χ0) is 34.1. The molecule has 0 fully saturated rings. The Bertz CT molecular complexity index is 2550. The number of fused-ring (bicyclic) bond motifs is 4. The normalized spacial score (nSPS) is 11.3. The molecule has 6 aromatic carbocycles. The minimum Gasteiger partial charge on any atom is -0.501 e. The van der Waals surface area contributed by atoms with E-state index in [4.69, 9.17) is 9.40 Å². The molecule has 0 unspecified atom stereocenters. The fourth-order valence-electron chi connectivity index (χ4n) is 6.29. The molecule has 0 saturated carbocycles. The van der Waals surface area contributed by atoms with Crippen LogP contribution < -0.4 is 5.19 Å². The van der Waals surface area contributed by atoms with Crippen molar-refractivity contribution in [3.8, 4) is 39.5 Å². The third-order valence-corrected chi connectivity index (χ3v) is 11.0. The molecule has 4 nitrogen and oxygen atoms in total. The third-order valence-electron chi connectivity index (χ3n) is 8.97. The Hall–Kier alpha value is -5.39. The summed E-state index contributed by atoms with van der Waals surface area (Å²) in [6, 6.07) is 58.3. The predicted molar refractivity (Wildman–Crippen MR) is 210 cm³/mol. The van der Waals surface area contributed by atoms with Crippen molar-refractivity contribution in [3.63, 3.8) is 0 Å². The molecule has 0 aliphatic heterocycles. The molecule has 0 N–H and O–H groups in total. The number of pyridine rings is 1. The van der Waals surface area contributed by atoms with Gasteiger partial charge in [-0.2, -0.15) is 0 Å². The van der Waals surface area contributed by atoms with Gasteiger partial charge in [-0.1, -0.05) is 116 Å². The van der Waals surface area contributed by atoms with Gasteiger partial charge < -0.3 is 14.0 Å². The van der Waals surface area contributed by atoms with Crippen LogP contribution in [0.4, 0.5) is 0 Å². The number of imidazole rings is 1. The zero-order valence-electron chi connectivity index (χ0n) is 28.6. The average molecular weight is 854 g/mol. The van der Waals surface area contributed by atoms with Crippen LogP contribution in [-0.4, -0.2) is 22.6 Å². The van der Waals surface area contributed by atoms with Crippen molar-refractivity contribution in [2.75, 3.05) is 0 Å². The predicted octanol–water partition coefficient (Wildman–Crippen LogP) is 11.2. The van der Waals surface area contributed by atoms with E-state index in [-0.39, 0.29) is 20.1 Å². The van der Waals surface area contributed by atoms with Crippen molar-refractivity contribution >= 4 is 46.2 Å². The van der Waals surface area contributed by atoms with E-state index in [9.17, 15) is 0 Å². The molecule has 3 aromatic heterocycles. The molecule has 0 spiro atoms. The van der Waals surface area contributed by atoms with E-state index in [1.54, 1.807) is 0 Å². The van der Waals surface area contributed by atoms with E-state index in [0.717, 1.165) is 61.3 Å². The molecule has 0 saturated heterocycles. The van der Waals surface area contributed by atoms with Gasteiger partial charge in [0.25, 0.3) is 0 Å². The Morgan fingerprint density at radius 3 is 2.10 bits per heavy atom. The van der Waals surface area contributed by atoms with Gasteiger partial charge in [-0.3, -0.25) is 4.98 Å². The number of rotatable bonds is 5. The fourth-order valence-corrected chi connectivity index (χ4v) is 7.33. The Labute approximate surface area is 312 Å². The fraction of sp³-hybridized carbons (Fsp3) is 0.0667. The molecule has 0 aliphatic rings. The molecular formula is C45H35IrN3OSi-2. The van der Waals surface area contributed by atoms with E-state index in [2.05, 4.69) is 120 Å². The molecule has 251 valence electrons. The van der Waals surface area contributed by atoms with Gasteiger partial charge in [-0.05, 0) is 52.3 Å². The quantitative estimate of drug-likeness (QED) is 0.128. The van der Waals surface area contributed by atoms with Crippen LogP contribution in [0.25, 0.3) is 72.4 Å². The number of aromatic nitrogens is 3. The molecule has 9 aromatic rings. The van der Waals surface area contributed by atoms with E-state index in [1.165, 1.54) is 16.3 Å². The number of benzene rings is 6. The first-order valence-electron chi connectivity index (χ1n) is 16.8. The summed E-state index contributed by atoms with van der Waals surface area (Å²) in [4.78, 5) is 9.55. The van der Waals surface area contributed by atoms with Crippen molar-refractivity contribution in [2.24, 2.45) is 0 Å². The Morgan fingerprint density at radius 2 is 1.35 bits per heavy atom. The average Bonchev–Trinajstić information content (AvgIpc) is 3.75. The van der Waals surface area contributed by atoms with Crippen molar-refractivity contribution in [1.29, 1.82) is 0 Å².